The van der Waals surface area contributed by atoms with Crippen molar-refractivity contribution in [1.29, 1.82) is 0 Å². The van der Waals surface area contributed by atoms with Crippen molar-refractivity contribution >= 4 is 40.9 Å². The molecule has 26 heavy (non-hydrogen) atoms. The average molecular weight is 370 g/mol. The Balaban J connectivity index is 1.96. The molecule has 1 aliphatic rings. The summed E-state index contributed by atoms with van der Waals surface area (Å²) in [5.74, 6) is 1.02. The predicted molar refractivity (Wildman–Crippen MR) is 102 cm³/mol. The summed E-state index contributed by atoms with van der Waals surface area (Å²) in [6.45, 7) is 6.02. The highest BCUT2D eigenvalue weighted by molar-refractivity contribution is 7.80. The van der Waals surface area contributed by atoms with E-state index in [2.05, 4.69) is 5.32 Å². The first-order chi connectivity index (χ1) is 12.4. The van der Waals surface area contributed by atoms with Crippen LogP contribution in [0.4, 0.5) is 5.69 Å². The quantitative estimate of drug-likeness (QED) is 0.509. The number of nitrogens with zero attached hydrogens (tertiary/aromatic N) is 1. The van der Waals surface area contributed by atoms with Gasteiger partial charge in [-0.15, -0.1) is 0 Å². The molecule has 1 N–H and O–H groups in total. The van der Waals surface area contributed by atoms with Crippen molar-refractivity contribution < 1.29 is 18.7 Å². The zero-order valence-electron chi connectivity index (χ0n) is 14.7. The standard InChI is InChI=1S/C19H18N2O4S/c1-4-24-15-7-5-14(6-8-15)21-18(23)16(17(22)20-19(21)26)10-13-9-11(2)25-12(13)3/h5-10H,4H2,1-3H3,(H,20,22,26)/b16-10+. The van der Waals surface area contributed by atoms with Crippen LogP contribution in [0.5, 0.6) is 5.75 Å². The molecule has 0 atom stereocenters. The van der Waals surface area contributed by atoms with E-state index < -0.39 is 11.8 Å². The highest BCUT2D eigenvalue weighted by Crippen LogP contribution is 2.25. The molecule has 134 valence electrons. The number of thiocarbonyl (C=S) groups is 1. The number of hydrogen-bond donors (Lipinski definition) is 1. The van der Waals surface area contributed by atoms with E-state index in [4.69, 9.17) is 21.4 Å². The molecule has 0 bridgehead atoms. The summed E-state index contributed by atoms with van der Waals surface area (Å²) in [7, 11) is 0. The van der Waals surface area contributed by atoms with Crippen molar-refractivity contribution in [3.63, 3.8) is 0 Å². The van der Waals surface area contributed by atoms with Gasteiger partial charge in [-0.25, -0.2) is 0 Å². The third-order valence-electron chi connectivity index (χ3n) is 3.89. The molecule has 1 aromatic carbocycles. The zero-order chi connectivity index (χ0) is 18.8. The topological polar surface area (TPSA) is 71.8 Å². The third-order valence-corrected chi connectivity index (χ3v) is 4.17. The molecule has 1 aromatic heterocycles. The maximum absolute atomic E-state index is 12.9. The van der Waals surface area contributed by atoms with E-state index in [1.165, 1.54) is 11.0 Å². The first kappa shape index (κ1) is 17.9. The number of nitrogens with one attached hydrogen (secondary N) is 1. The number of hydrogen-bond acceptors (Lipinski definition) is 5. The molecule has 2 aromatic rings. The van der Waals surface area contributed by atoms with Crippen LogP contribution < -0.4 is 15.0 Å². The van der Waals surface area contributed by atoms with Crippen LogP contribution in [0.3, 0.4) is 0 Å². The van der Waals surface area contributed by atoms with Gasteiger partial charge < -0.3 is 9.15 Å². The number of furan rings is 1. The van der Waals surface area contributed by atoms with E-state index >= 15 is 0 Å². The molecule has 7 heteroatoms. The van der Waals surface area contributed by atoms with Gasteiger partial charge in [0.2, 0.25) is 0 Å². The molecule has 1 saturated heterocycles. The van der Waals surface area contributed by atoms with Gasteiger partial charge in [0.25, 0.3) is 11.8 Å². The summed E-state index contributed by atoms with van der Waals surface area (Å²) in [5.41, 5.74) is 1.23. The smallest absolute Gasteiger partial charge is 0.270 e. The minimum Gasteiger partial charge on any atom is -0.494 e. The van der Waals surface area contributed by atoms with E-state index in [1.807, 2.05) is 6.92 Å². The van der Waals surface area contributed by atoms with Crippen molar-refractivity contribution in [1.82, 2.24) is 5.32 Å². The van der Waals surface area contributed by atoms with Gasteiger partial charge in [-0.3, -0.25) is 19.8 Å². The zero-order valence-corrected chi connectivity index (χ0v) is 15.5. The summed E-state index contributed by atoms with van der Waals surface area (Å²) < 4.78 is 10.9. The number of benzene rings is 1. The molecule has 0 spiro atoms. The Bertz CT molecular complexity index is 912. The van der Waals surface area contributed by atoms with Crippen molar-refractivity contribution in [3.05, 3.63) is 53.0 Å². The summed E-state index contributed by atoms with van der Waals surface area (Å²) in [5, 5.41) is 2.61. The third kappa shape index (κ3) is 3.39. The number of ether oxygens (including phenoxy) is 1. The molecule has 6 nitrogen and oxygen atoms in total. The van der Waals surface area contributed by atoms with E-state index in [1.54, 1.807) is 44.2 Å². The van der Waals surface area contributed by atoms with Gasteiger partial charge >= 0.3 is 0 Å². The summed E-state index contributed by atoms with van der Waals surface area (Å²) in [6.07, 6.45) is 1.52. The SMILES string of the molecule is CCOc1ccc(N2C(=O)/C(=C/c3cc(C)oc3C)C(=O)NC2=S)cc1. The number of aryl methyl sites for hydroxylation is 2. The minimum absolute atomic E-state index is 0.00335. The van der Waals surface area contributed by atoms with Crippen molar-refractivity contribution in [2.24, 2.45) is 0 Å². The fourth-order valence-corrected chi connectivity index (χ4v) is 2.98. The molecule has 2 amide bonds. The average Bonchev–Trinajstić information content (AvgIpc) is 2.90. The number of carbonyl (C=O) groups is 2. The second-order valence-corrected chi connectivity index (χ2v) is 6.14. The second kappa shape index (κ2) is 7.13. The Kier molecular flexibility index (Phi) is 4.90. The number of rotatable bonds is 4. The second-order valence-electron chi connectivity index (χ2n) is 5.75. The van der Waals surface area contributed by atoms with E-state index in [0.717, 1.165) is 0 Å². The molecule has 0 radical (unpaired) electrons. The summed E-state index contributed by atoms with van der Waals surface area (Å²) in [6, 6.07) is 8.71. The molecular formula is C19H18N2O4S. The van der Waals surface area contributed by atoms with Crippen LogP contribution in [0.2, 0.25) is 0 Å². The molecule has 0 saturated carbocycles. The number of carbonyl (C=O) groups excluding carboxylic acids is 2. The fraction of sp³-hybridized carbons (Fsp3) is 0.211. The van der Waals surface area contributed by atoms with E-state index in [-0.39, 0.29) is 10.7 Å². The molecule has 0 aliphatic carbocycles. The normalized spacial score (nSPS) is 16.2. The van der Waals surface area contributed by atoms with Crippen LogP contribution in [-0.2, 0) is 9.59 Å². The Morgan fingerprint density at radius 1 is 1.23 bits per heavy atom. The highest BCUT2D eigenvalue weighted by atomic mass is 32.1. The van der Waals surface area contributed by atoms with E-state index in [0.29, 0.717) is 35.1 Å². The lowest BCUT2D eigenvalue weighted by Crippen LogP contribution is -2.54. The lowest BCUT2D eigenvalue weighted by Gasteiger charge is -2.29. The van der Waals surface area contributed by atoms with Crippen LogP contribution >= 0.6 is 12.2 Å². The Morgan fingerprint density at radius 2 is 1.92 bits per heavy atom. The minimum atomic E-state index is -0.527. The van der Waals surface area contributed by atoms with Crippen molar-refractivity contribution in [2.45, 2.75) is 20.8 Å². The summed E-state index contributed by atoms with van der Waals surface area (Å²) in [4.78, 5) is 26.5. The fourth-order valence-electron chi connectivity index (χ4n) is 2.70. The van der Waals surface area contributed by atoms with Crippen LogP contribution in [0.1, 0.15) is 24.0 Å². The number of anilines is 1. The lowest BCUT2D eigenvalue weighted by molar-refractivity contribution is -0.122. The van der Waals surface area contributed by atoms with Crippen molar-refractivity contribution in [3.8, 4) is 5.75 Å². The van der Waals surface area contributed by atoms with Crippen molar-refractivity contribution in [2.75, 3.05) is 11.5 Å². The molecule has 2 heterocycles. The molecule has 1 fully saturated rings. The largest absolute Gasteiger partial charge is 0.494 e. The lowest BCUT2D eigenvalue weighted by atomic mass is 10.1. The summed E-state index contributed by atoms with van der Waals surface area (Å²) >= 11 is 5.19. The molecular weight excluding hydrogens is 352 g/mol. The van der Waals surface area contributed by atoms with Gasteiger partial charge in [-0.1, -0.05) is 0 Å². The van der Waals surface area contributed by atoms with Gasteiger partial charge in [0, 0.05) is 5.56 Å². The first-order valence-electron chi connectivity index (χ1n) is 8.12. The van der Waals surface area contributed by atoms with Gasteiger partial charge in [0.1, 0.15) is 22.8 Å². The number of amides is 2. The van der Waals surface area contributed by atoms with E-state index in [9.17, 15) is 9.59 Å². The van der Waals surface area contributed by atoms with Crippen LogP contribution in [0, 0.1) is 13.8 Å². The van der Waals surface area contributed by atoms with Gasteiger partial charge in [-0.05, 0) is 69.4 Å². The molecule has 1 aliphatic heterocycles. The Labute approximate surface area is 156 Å². The molecule has 3 rings (SSSR count). The Morgan fingerprint density at radius 3 is 2.50 bits per heavy atom. The van der Waals surface area contributed by atoms with Gasteiger partial charge in [-0.2, -0.15) is 0 Å². The maximum Gasteiger partial charge on any atom is 0.270 e. The predicted octanol–water partition coefficient (Wildman–Crippen LogP) is 3.13. The van der Waals surface area contributed by atoms with Gasteiger partial charge in [0.15, 0.2) is 5.11 Å². The van der Waals surface area contributed by atoms with Crippen LogP contribution in [0.25, 0.3) is 6.08 Å². The first-order valence-corrected chi connectivity index (χ1v) is 8.53. The highest BCUT2D eigenvalue weighted by Gasteiger charge is 2.34. The van der Waals surface area contributed by atoms with Gasteiger partial charge in [0.05, 0.1) is 12.3 Å². The van der Waals surface area contributed by atoms with Crippen LogP contribution in [0.15, 0.2) is 40.3 Å². The maximum atomic E-state index is 12.9. The monoisotopic (exact) mass is 370 g/mol. The molecule has 0 unspecified atom stereocenters. The van der Waals surface area contributed by atoms with Crippen LogP contribution in [-0.4, -0.2) is 23.5 Å². The Hall–Kier alpha value is -2.93.